The van der Waals surface area contributed by atoms with E-state index in [0.29, 0.717) is 38.0 Å². The minimum atomic E-state index is -0.743. The number of benzene rings is 1. The van der Waals surface area contributed by atoms with E-state index >= 15 is 0 Å². The number of para-hydroxylation sites is 2. The van der Waals surface area contributed by atoms with Gasteiger partial charge in [0.05, 0.1) is 17.4 Å². The first kappa shape index (κ1) is 16.2. The second-order valence-electron chi connectivity index (χ2n) is 6.47. The number of amides is 1. The second-order valence-corrected chi connectivity index (χ2v) is 6.47. The highest BCUT2D eigenvalue weighted by atomic mass is 16.6. The van der Waals surface area contributed by atoms with E-state index in [1.54, 1.807) is 23.1 Å². The molecule has 0 bridgehead atoms. The summed E-state index contributed by atoms with van der Waals surface area (Å²) in [5.41, 5.74) is 0.136. The number of rotatable bonds is 5. The highest BCUT2D eigenvalue weighted by Gasteiger charge is 2.59. The molecular formula is C16H19N3O5. The van der Waals surface area contributed by atoms with Crippen LogP contribution in [0, 0.1) is 21.4 Å². The van der Waals surface area contributed by atoms with Gasteiger partial charge in [0.25, 0.3) is 5.69 Å². The van der Waals surface area contributed by atoms with Gasteiger partial charge in [0.15, 0.2) is 0 Å². The molecule has 1 saturated carbocycles. The molecule has 1 spiro atoms. The van der Waals surface area contributed by atoms with Gasteiger partial charge in [-0.15, -0.1) is 0 Å². The number of hydrogen-bond donors (Lipinski definition) is 2. The molecule has 1 heterocycles. The lowest BCUT2D eigenvalue weighted by atomic mass is 9.91. The first-order valence-corrected chi connectivity index (χ1v) is 7.91. The van der Waals surface area contributed by atoms with E-state index in [4.69, 9.17) is 5.11 Å². The number of carboxylic acid groups (broad SMARTS) is 1. The summed E-state index contributed by atoms with van der Waals surface area (Å²) in [4.78, 5) is 35.5. The summed E-state index contributed by atoms with van der Waals surface area (Å²) in [6.07, 6.45) is 2.13. The molecular weight excluding hydrogens is 314 g/mol. The van der Waals surface area contributed by atoms with Crippen LogP contribution in [0.5, 0.6) is 0 Å². The molecule has 0 aromatic heterocycles. The minimum absolute atomic E-state index is 0.0137. The molecule has 1 amide bonds. The van der Waals surface area contributed by atoms with Crippen LogP contribution in [-0.4, -0.2) is 46.4 Å². The first-order valence-electron chi connectivity index (χ1n) is 7.91. The molecule has 1 aliphatic heterocycles. The van der Waals surface area contributed by atoms with Crippen molar-refractivity contribution in [3.8, 4) is 0 Å². The van der Waals surface area contributed by atoms with Gasteiger partial charge in [0.2, 0.25) is 5.91 Å². The zero-order chi connectivity index (χ0) is 17.3. The topological polar surface area (TPSA) is 113 Å². The predicted octanol–water partition coefficient (Wildman–Crippen LogP) is 1.72. The molecule has 24 heavy (non-hydrogen) atoms. The lowest BCUT2D eigenvalue weighted by Gasteiger charge is -2.32. The Hall–Kier alpha value is -2.64. The van der Waals surface area contributed by atoms with Gasteiger partial charge in [-0.25, -0.2) is 0 Å². The summed E-state index contributed by atoms with van der Waals surface area (Å²) in [7, 11) is 0. The quantitative estimate of drug-likeness (QED) is 0.626. The Morgan fingerprint density at radius 2 is 2.00 bits per heavy atom. The van der Waals surface area contributed by atoms with Crippen LogP contribution in [0.3, 0.4) is 0 Å². The molecule has 3 rings (SSSR count). The SMILES string of the molecule is O=C(O)C1CC12CCN(C(=O)CNc1ccccc1[N+](=O)[O-])CC2. The van der Waals surface area contributed by atoms with Gasteiger partial charge in [-0.1, -0.05) is 12.1 Å². The van der Waals surface area contributed by atoms with E-state index in [2.05, 4.69) is 5.32 Å². The third-order valence-corrected chi connectivity index (χ3v) is 5.13. The Labute approximate surface area is 138 Å². The standard InChI is InChI=1S/C16H19N3O5/c20-14(10-17-12-3-1-2-4-13(12)19(23)24)18-7-5-16(6-8-18)9-11(16)15(21)22/h1-4,11,17H,5-10H2,(H,21,22). The molecule has 2 N–H and O–H groups in total. The number of nitro groups is 1. The minimum Gasteiger partial charge on any atom is -0.481 e. The highest BCUT2D eigenvalue weighted by molar-refractivity contribution is 5.82. The maximum Gasteiger partial charge on any atom is 0.307 e. The predicted molar refractivity (Wildman–Crippen MR) is 85.6 cm³/mol. The van der Waals surface area contributed by atoms with Crippen molar-refractivity contribution >= 4 is 23.3 Å². The van der Waals surface area contributed by atoms with Crippen molar-refractivity contribution in [3.05, 3.63) is 34.4 Å². The molecule has 2 aliphatic rings. The third kappa shape index (κ3) is 3.04. The third-order valence-electron chi connectivity index (χ3n) is 5.13. The van der Waals surface area contributed by atoms with Crippen LogP contribution < -0.4 is 5.32 Å². The van der Waals surface area contributed by atoms with Crippen molar-refractivity contribution in [3.63, 3.8) is 0 Å². The van der Waals surface area contributed by atoms with Gasteiger partial charge < -0.3 is 15.3 Å². The van der Waals surface area contributed by atoms with Gasteiger partial charge in [0, 0.05) is 19.2 Å². The zero-order valence-electron chi connectivity index (χ0n) is 13.1. The number of nitrogens with one attached hydrogen (secondary N) is 1. The van der Waals surface area contributed by atoms with Crippen molar-refractivity contribution in [2.75, 3.05) is 25.0 Å². The number of anilines is 1. The number of carboxylic acids is 1. The fourth-order valence-electron chi connectivity index (χ4n) is 3.52. The summed E-state index contributed by atoms with van der Waals surface area (Å²) >= 11 is 0. The van der Waals surface area contributed by atoms with Crippen molar-refractivity contribution in [2.24, 2.45) is 11.3 Å². The smallest absolute Gasteiger partial charge is 0.307 e. The fraction of sp³-hybridized carbons (Fsp3) is 0.500. The van der Waals surface area contributed by atoms with Crippen molar-refractivity contribution in [1.82, 2.24) is 4.90 Å². The number of carbonyl (C=O) groups is 2. The van der Waals surface area contributed by atoms with Crippen LogP contribution in [0.2, 0.25) is 0 Å². The number of nitro benzene ring substituents is 1. The van der Waals surface area contributed by atoms with Gasteiger partial charge in [-0.2, -0.15) is 0 Å². The monoisotopic (exact) mass is 333 g/mol. The van der Waals surface area contributed by atoms with Gasteiger partial charge in [0.1, 0.15) is 5.69 Å². The van der Waals surface area contributed by atoms with Crippen molar-refractivity contribution in [2.45, 2.75) is 19.3 Å². The summed E-state index contributed by atoms with van der Waals surface area (Å²) in [5.74, 6) is -1.14. The maximum atomic E-state index is 12.3. The average Bonchev–Trinajstić information content (AvgIpc) is 3.27. The highest BCUT2D eigenvalue weighted by Crippen LogP contribution is 2.59. The lowest BCUT2D eigenvalue weighted by Crippen LogP contribution is -2.42. The molecule has 2 fully saturated rings. The van der Waals surface area contributed by atoms with Crippen LogP contribution in [0.1, 0.15) is 19.3 Å². The normalized spacial score (nSPS) is 21.3. The molecule has 1 unspecified atom stereocenters. The Kier molecular flexibility index (Phi) is 4.13. The Bertz CT molecular complexity index is 682. The average molecular weight is 333 g/mol. The van der Waals surface area contributed by atoms with E-state index in [9.17, 15) is 19.7 Å². The molecule has 1 aliphatic carbocycles. The Morgan fingerprint density at radius 3 is 2.58 bits per heavy atom. The molecule has 0 radical (unpaired) electrons. The largest absolute Gasteiger partial charge is 0.481 e. The number of aliphatic carboxylic acids is 1. The van der Waals surface area contributed by atoms with Crippen molar-refractivity contribution in [1.29, 1.82) is 0 Å². The van der Waals surface area contributed by atoms with Crippen molar-refractivity contribution < 1.29 is 19.6 Å². The number of nitrogens with zero attached hydrogens (tertiary/aromatic N) is 2. The van der Waals surface area contributed by atoms with E-state index in [-0.39, 0.29) is 29.5 Å². The second kappa shape index (κ2) is 6.10. The van der Waals surface area contributed by atoms with Gasteiger partial charge in [-0.3, -0.25) is 19.7 Å². The van der Waals surface area contributed by atoms with Crippen LogP contribution in [0.25, 0.3) is 0 Å². The van der Waals surface area contributed by atoms with E-state index in [0.717, 1.165) is 0 Å². The molecule has 1 atom stereocenters. The Morgan fingerprint density at radius 1 is 1.33 bits per heavy atom. The summed E-state index contributed by atoms with van der Waals surface area (Å²) in [5, 5.41) is 22.9. The van der Waals surface area contributed by atoms with E-state index in [1.807, 2.05) is 0 Å². The van der Waals surface area contributed by atoms with Crippen LogP contribution >= 0.6 is 0 Å². The molecule has 8 nitrogen and oxygen atoms in total. The molecule has 1 aromatic rings. The fourth-order valence-corrected chi connectivity index (χ4v) is 3.52. The van der Waals surface area contributed by atoms with Gasteiger partial charge in [-0.05, 0) is 30.7 Å². The van der Waals surface area contributed by atoms with E-state index in [1.165, 1.54) is 6.07 Å². The molecule has 128 valence electrons. The summed E-state index contributed by atoms with van der Waals surface area (Å²) in [6, 6.07) is 6.20. The van der Waals surface area contributed by atoms with E-state index < -0.39 is 10.9 Å². The summed E-state index contributed by atoms with van der Waals surface area (Å²) < 4.78 is 0. The zero-order valence-corrected chi connectivity index (χ0v) is 13.1. The maximum absolute atomic E-state index is 12.3. The summed E-state index contributed by atoms with van der Waals surface area (Å²) in [6.45, 7) is 1.07. The number of hydrogen-bond acceptors (Lipinski definition) is 5. The number of carbonyl (C=O) groups excluding carboxylic acids is 1. The lowest BCUT2D eigenvalue weighted by molar-refractivity contribution is -0.383. The first-order chi connectivity index (χ1) is 11.4. The number of piperidine rings is 1. The number of likely N-dealkylation sites (tertiary alicyclic amines) is 1. The van der Waals surface area contributed by atoms with Crippen LogP contribution in [-0.2, 0) is 9.59 Å². The molecule has 1 aromatic carbocycles. The Balaban J connectivity index is 1.52. The molecule has 1 saturated heterocycles. The van der Waals surface area contributed by atoms with Crippen LogP contribution in [0.4, 0.5) is 11.4 Å². The van der Waals surface area contributed by atoms with Crippen LogP contribution in [0.15, 0.2) is 24.3 Å². The molecule has 8 heteroatoms. The van der Waals surface area contributed by atoms with Gasteiger partial charge >= 0.3 is 5.97 Å².